The molecule has 0 saturated carbocycles. The molecule has 4 heteroatoms. The molecule has 43 heavy (non-hydrogen) atoms. The fourth-order valence-corrected chi connectivity index (χ4v) is 5.12. The maximum Gasteiger partial charge on any atom is 0.306 e. The second kappa shape index (κ2) is 36.8. The van der Waals surface area contributed by atoms with Crippen LogP contribution in [0.2, 0.25) is 0 Å². The van der Waals surface area contributed by atoms with Gasteiger partial charge in [-0.2, -0.15) is 0 Å². The zero-order valence-electron chi connectivity index (χ0n) is 28.7. The van der Waals surface area contributed by atoms with Gasteiger partial charge in [0.1, 0.15) is 6.10 Å². The van der Waals surface area contributed by atoms with Gasteiger partial charge in [-0.15, -0.1) is 0 Å². The summed E-state index contributed by atoms with van der Waals surface area (Å²) >= 11 is 0. The summed E-state index contributed by atoms with van der Waals surface area (Å²) in [6.07, 6.45) is 44.7. The largest absolute Gasteiger partial charge is 0.457 e. The van der Waals surface area contributed by atoms with Crippen LogP contribution < -0.4 is 0 Å². The number of ether oxygens (including phenoxy) is 2. The monoisotopic (exact) mass is 605 g/mol. The molecule has 0 aromatic rings. The van der Waals surface area contributed by atoms with Crippen LogP contribution in [0.5, 0.6) is 0 Å². The van der Waals surface area contributed by atoms with E-state index in [1.54, 1.807) is 0 Å². The molecule has 0 bridgehead atoms. The van der Waals surface area contributed by atoms with Crippen LogP contribution in [0.15, 0.2) is 36.5 Å². The quantitative estimate of drug-likeness (QED) is 0.0451. The van der Waals surface area contributed by atoms with Gasteiger partial charge in [-0.05, 0) is 64.2 Å². The molecule has 0 saturated heterocycles. The highest BCUT2D eigenvalue weighted by Crippen LogP contribution is 2.12. The van der Waals surface area contributed by atoms with Gasteiger partial charge >= 0.3 is 5.97 Å². The van der Waals surface area contributed by atoms with Crippen LogP contribution in [0.4, 0.5) is 0 Å². The molecule has 252 valence electrons. The first kappa shape index (κ1) is 41.6. The van der Waals surface area contributed by atoms with E-state index in [9.17, 15) is 9.90 Å². The van der Waals surface area contributed by atoms with Crippen LogP contribution >= 0.6 is 0 Å². The van der Waals surface area contributed by atoms with Crippen molar-refractivity contribution in [2.24, 2.45) is 0 Å². The molecule has 4 nitrogen and oxygen atoms in total. The number of aliphatic hydroxyl groups excluding tert-OH is 1. The SMILES string of the molecule is CCC/C=C\C/C=C\CCCCCCCCOCC(CO)OC(=O)CCCCCCCCC/C=C\CCCCCCCC. The molecular formula is C39H72O4. The molecule has 0 aromatic heterocycles. The Balaban J connectivity index is 3.46. The van der Waals surface area contributed by atoms with E-state index in [1.165, 1.54) is 128 Å². The third-order valence-corrected chi connectivity index (χ3v) is 7.92. The standard InChI is InChI=1S/C39H72O4/c1-3-5-7-9-11-13-15-17-19-20-21-22-24-26-28-30-32-34-39(41)43-38(36-40)37-42-35-33-31-29-27-25-23-18-16-14-12-10-8-6-4-2/h8,10,14,16-17,19,38,40H,3-7,9,11-13,15,18,20-37H2,1-2H3/b10-8-,16-14-,19-17-. The van der Waals surface area contributed by atoms with Crippen molar-refractivity contribution in [3.05, 3.63) is 36.5 Å². The number of carbonyl (C=O) groups excluding carboxylic acids is 1. The molecule has 1 N–H and O–H groups in total. The van der Waals surface area contributed by atoms with E-state index in [0.717, 1.165) is 32.1 Å². The Hall–Kier alpha value is -1.39. The molecule has 0 aliphatic carbocycles. The average molecular weight is 605 g/mol. The van der Waals surface area contributed by atoms with Crippen LogP contribution in [-0.4, -0.2) is 37.0 Å². The lowest BCUT2D eigenvalue weighted by molar-refractivity contribution is -0.154. The molecule has 0 aromatic carbocycles. The van der Waals surface area contributed by atoms with Crippen molar-refractivity contribution < 1.29 is 19.4 Å². The molecule has 0 aliphatic heterocycles. The van der Waals surface area contributed by atoms with E-state index in [1.807, 2.05) is 0 Å². The molecule has 0 amide bonds. The first-order valence-corrected chi connectivity index (χ1v) is 18.6. The van der Waals surface area contributed by atoms with Crippen LogP contribution in [0.1, 0.15) is 181 Å². The molecule has 0 aliphatic rings. The smallest absolute Gasteiger partial charge is 0.306 e. The second-order valence-corrected chi connectivity index (χ2v) is 12.3. The third kappa shape index (κ3) is 35.0. The number of allylic oxidation sites excluding steroid dienone is 6. The lowest BCUT2D eigenvalue weighted by atomic mass is 10.1. The molecule has 0 spiro atoms. The van der Waals surface area contributed by atoms with Gasteiger partial charge in [-0.1, -0.05) is 147 Å². The van der Waals surface area contributed by atoms with Gasteiger partial charge in [0, 0.05) is 13.0 Å². The highest BCUT2D eigenvalue weighted by Gasteiger charge is 2.13. The highest BCUT2D eigenvalue weighted by atomic mass is 16.6. The third-order valence-electron chi connectivity index (χ3n) is 7.92. The Bertz CT molecular complexity index is 639. The van der Waals surface area contributed by atoms with E-state index in [2.05, 4.69) is 50.3 Å². The normalized spacial score (nSPS) is 12.7. The number of aliphatic hydroxyl groups is 1. The Morgan fingerprint density at radius 1 is 0.558 bits per heavy atom. The Kier molecular flexibility index (Phi) is 35.6. The summed E-state index contributed by atoms with van der Waals surface area (Å²) < 4.78 is 11.1. The summed E-state index contributed by atoms with van der Waals surface area (Å²) in [6, 6.07) is 0. The maximum atomic E-state index is 12.1. The first-order valence-electron chi connectivity index (χ1n) is 18.6. The summed E-state index contributed by atoms with van der Waals surface area (Å²) in [6.45, 7) is 5.26. The van der Waals surface area contributed by atoms with Gasteiger partial charge in [-0.3, -0.25) is 4.79 Å². The molecule has 0 radical (unpaired) electrons. The Morgan fingerprint density at radius 3 is 1.56 bits per heavy atom. The van der Waals surface area contributed by atoms with E-state index in [-0.39, 0.29) is 19.2 Å². The predicted octanol–water partition coefficient (Wildman–Crippen LogP) is 11.8. The fraction of sp³-hybridized carbons (Fsp3) is 0.821. The molecule has 0 rings (SSSR count). The summed E-state index contributed by atoms with van der Waals surface area (Å²) in [5.74, 6) is -0.210. The second-order valence-electron chi connectivity index (χ2n) is 12.3. The minimum absolute atomic E-state index is 0.177. The van der Waals surface area contributed by atoms with Crippen molar-refractivity contribution in [3.63, 3.8) is 0 Å². The van der Waals surface area contributed by atoms with Gasteiger partial charge in [-0.25, -0.2) is 0 Å². The Labute approximate surface area is 268 Å². The first-order chi connectivity index (χ1) is 21.2. The van der Waals surface area contributed by atoms with Gasteiger partial charge in [0.15, 0.2) is 0 Å². The maximum absolute atomic E-state index is 12.1. The number of carbonyl (C=O) groups is 1. The lowest BCUT2D eigenvalue weighted by Crippen LogP contribution is -2.27. The molecule has 0 fully saturated rings. The summed E-state index contributed by atoms with van der Waals surface area (Å²) in [4.78, 5) is 12.1. The van der Waals surface area contributed by atoms with E-state index in [4.69, 9.17) is 9.47 Å². The predicted molar refractivity (Wildman–Crippen MR) is 187 cm³/mol. The zero-order valence-corrected chi connectivity index (χ0v) is 28.7. The van der Waals surface area contributed by atoms with Crippen LogP contribution in [0.25, 0.3) is 0 Å². The van der Waals surface area contributed by atoms with Crippen molar-refractivity contribution in [2.45, 2.75) is 187 Å². The summed E-state index contributed by atoms with van der Waals surface area (Å²) in [5.41, 5.74) is 0. The number of hydrogen-bond acceptors (Lipinski definition) is 4. The van der Waals surface area contributed by atoms with Crippen molar-refractivity contribution in [1.82, 2.24) is 0 Å². The number of rotatable bonds is 34. The number of hydrogen-bond donors (Lipinski definition) is 1. The average Bonchev–Trinajstić information content (AvgIpc) is 3.01. The van der Waals surface area contributed by atoms with E-state index >= 15 is 0 Å². The minimum atomic E-state index is -0.539. The molecule has 1 unspecified atom stereocenters. The van der Waals surface area contributed by atoms with Crippen LogP contribution in [0, 0.1) is 0 Å². The molecule has 1 atom stereocenters. The van der Waals surface area contributed by atoms with Gasteiger partial charge in [0.25, 0.3) is 0 Å². The highest BCUT2D eigenvalue weighted by molar-refractivity contribution is 5.69. The Morgan fingerprint density at radius 2 is 1.02 bits per heavy atom. The molecule has 0 heterocycles. The topological polar surface area (TPSA) is 55.8 Å². The fourth-order valence-electron chi connectivity index (χ4n) is 5.12. The minimum Gasteiger partial charge on any atom is -0.457 e. The number of unbranched alkanes of at least 4 members (excludes halogenated alkanes) is 20. The van der Waals surface area contributed by atoms with E-state index in [0.29, 0.717) is 13.0 Å². The van der Waals surface area contributed by atoms with Gasteiger partial charge < -0.3 is 14.6 Å². The van der Waals surface area contributed by atoms with E-state index < -0.39 is 6.10 Å². The van der Waals surface area contributed by atoms with Crippen molar-refractivity contribution in [3.8, 4) is 0 Å². The van der Waals surface area contributed by atoms with Crippen LogP contribution in [-0.2, 0) is 14.3 Å². The summed E-state index contributed by atoms with van der Waals surface area (Å²) in [7, 11) is 0. The van der Waals surface area contributed by atoms with Gasteiger partial charge in [0.05, 0.1) is 13.2 Å². The van der Waals surface area contributed by atoms with Crippen molar-refractivity contribution >= 4 is 5.97 Å². The summed E-state index contributed by atoms with van der Waals surface area (Å²) in [5, 5.41) is 9.55. The zero-order chi connectivity index (χ0) is 31.3. The van der Waals surface area contributed by atoms with Crippen molar-refractivity contribution in [1.29, 1.82) is 0 Å². The molecular weight excluding hydrogens is 532 g/mol. The number of esters is 1. The lowest BCUT2D eigenvalue weighted by Gasteiger charge is -2.15. The van der Waals surface area contributed by atoms with Crippen molar-refractivity contribution in [2.75, 3.05) is 19.8 Å². The van der Waals surface area contributed by atoms with Gasteiger partial charge in [0.2, 0.25) is 0 Å². The van der Waals surface area contributed by atoms with Crippen LogP contribution in [0.3, 0.4) is 0 Å².